The first kappa shape index (κ1) is 24.0. The number of halogens is 1. The lowest BCUT2D eigenvalue weighted by atomic mass is 10.1. The fraction of sp³-hybridized carbons (Fsp3) is 0.478. The van der Waals surface area contributed by atoms with Gasteiger partial charge in [-0.2, -0.15) is 0 Å². The summed E-state index contributed by atoms with van der Waals surface area (Å²) in [7, 11) is 0. The minimum atomic E-state index is -0.516. The van der Waals surface area contributed by atoms with E-state index in [9.17, 15) is 4.79 Å². The number of ether oxygens (including phenoxy) is 3. The van der Waals surface area contributed by atoms with E-state index < -0.39 is 5.60 Å². The van der Waals surface area contributed by atoms with E-state index in [1.54, 1.807) is 6.33 Å². The smallest absolute Gasteiger partial charge is 0.410 e. The van der Waals surface area contributed by atoms with Crippen molar-refractivity contribution in [3.05, 3.63) is 22.9 Å². The molecule has 0 spiro atoms. The van der Waals surface area contributed by atoms with Crippen LogP contribution in [0.1, 0.15) is 40.0 Å². The van der Waals surface area contributed by atoms with Crippen LogP contribution in [0.5, 0.6) is 11.5 Å². The van der Waals surface area contributed by atoms with Gasteiger partial charge in [0.05, 0.1) is 6.33 Å². The third kappa shape index (κ3) is 5.13. The molecule has 1 fully saturated rings. The van der Waals surface area contributed by atoms with Crippen molar-refractivity contribution in [2.24, 2.45) is 0 Å². The monoisotopic (exact) mass is 562 g/mol. The highest BCUT2D eigenvalue weighted by Crippen LogP contribution is 2.43. The van der Waals surface area contributed by atoms with Gasteiger partial charge in [-0.3, -0.25) is 0 Å². The number of hydrogen-bond donors (Lipinski definition) is 1. The molecule has 5 rings (SSSR count). The van der Waals surface area contributed by atoms with E-state index in [4.69, 9.17) is 24.9 Å². The van der Waals surface area contributed by atoms with Gasteiger partial charge in [-0.25, -0.2) is 19.7 Å². The van der Waals surface area contributed by atoms with Crippen molar-refractivity contribution in [3.8, 4) is 23.0 Å². The molecule has 1 saturated heterocycles. The van der Waals surface area contributed by atoms with Crippen LogP contribution >= 0.6 is 27.7 Å². The van der Waals surface area contributed by atoms with E-state index in [1.807, 2.05) is 42.4 Å². The number of aryl methyl sites for hydroxylation is 1. The molecule has 2 N–H and O–H groups in total. The summed E-state index contributed by atoms with van der Waals surface area (Å²) in [5, 5.41) is 0.560. The lowest BCUT2D eigenvalue weighted by molar-refractivity contribution is 0.0217. The molecular formula is C23H27BrN6O4S. The Kier molecular flexibility index (Phi) is 6.43. The summed E-state index contributed by atoms with van der Waals surface area (Å²) in [5.74, 6) is 2.39. The van der Waals surface area contributed by atoms with Crippen LogP contribution in [0.3, 0.4) is 0 Å². The quantitative estimate of drug-likeness (QED) is 0.468. The van der Waals surface area contributed by atoms with Crippen molar-refractivity contribution >= 4 is 39.6 Å². The number of fused-ring (bicyclic) bond motifs is 2. The zero-order valence-electron chi connectivity index (χ0n) is 19.8. The number of carbonyl (C=O) groups is 1. The summed E-state index contributed by atoms with van der Waals surface area (Å²) in [6, 6.07) is 3.88. The van der Waals surface area contributed by atoms with E-state index in [1.165, 1.54) is 11.8 Å². The van der Waals surface area contributed by atoms with E-state index in [-0.39, 0.29) is 18.9 Å². The first-order chi connectivity index (χ1) is 16.7. The predicted octanol–water partition coefficient (Wildman–Crippen LogP) is 4.79. The van der Waals surface area contributed by atoms with Gasteiger partial charge in [-0.05, 0) is 79.9 Å². The van der Waals surface area contributed by atoms with E-state index in [2.05, 4.69) is 25.9 Å². The van der Waals surface area contributed by atoms with Crippen molar-refractivity contribution in [1.82, 2.24) is 24.4 Å². The molecule has 1 amide bonds. The van der Waals surface area contributed by atoms with E-state index in [0.29, 0.717) is 47.1 Å². The standard InChI is InChI=1S/C23H27BrN6O4S/c1-23(2,3)34-22(31)30-7-4-5-13(30)6-8-29-11-26-19(25)18-20(29)28-21(27-18)35-17-10-16-15(9-14(17)24)32-12-33-16/h9-11,13H,4-8,12,25H2,1-3H3/t13-/m0/s1. The second-order valence-electron chi connectivity index (χ2n) is 9.50. The molecule has 4 heterocycles. The molecule has 4 aliphatic heterocycles. The molecule has 0 saturated carbocycles. The molecule has 1 aromatic rings. The zero-order chi connectivity index (χ0) is 24.7. The summed E-state index contributed by atoms with van der Waals surface area (Å²) in [6.45, 7) is 7.20. The lowest BCUT2D eigenvalue weighted by Gasteiger charge is -2.28. The van der Waals surface area contributed by atoms with Crippen LogP contribution in [0, 0.1) is 0 Å². The molecule has 0 aromatic heterocycles. The predicted molar refractivity (Wildman–Crippen MR) is 134 cm³/mol. The fourth-order valence-electron chi connectivity index (χ4n) is 4.20. The van der Waals surface area contributed by atoms with Gasteiger partial charge in [0.1, 0.15) is 5.60 Å². The molecule has 35 heavy (non-hydrogen) atoms. The molecular weight excluding hydrogens is 536 g/mol. The number of aromatic nitrogens is 4. The van der Waals surface area contributed by atoms with Gasteiger partial charge in [0.25, 0.3) is 0 Å². The average Bonchev–Trinajstić information content (AvgIpc) is 3.52. The number of amides is 1. The summed E-state index contributed by atoms with van der Waals surface area (Å²) in [4.78, 5) is 29.1. The largest absolute Gasteiger partial charge is 0.454 e. The number of anilines is 1. The van der Waals surface area contributed by atoms with Crippen molar-refractivity contribution in [1.29, 1.82) is 0 Å². The van der Waals surface area contributed by atoms with Crippen molar-refractivity contribution in [3.63, 3.8) is 0 Å². The van der Waals surface area contributed by atoms with Gasteiger partial charge >= 0.3 is 6.09 Å². The van der Waals surface area contributed by atoms with Crippen LogP contribution in [-0.4, -0.2) is 55.5 Å². The lowest BCUT2D eigenvalue weighted by Crippen LogP contribution is -2.40. The van der Waals surface area contributed by atoms with Gasteiger partial charge in [-0.1, -0.05) is 0 Å². The molecule has 10 nitrogen and oxygen atoms in total. The molecule has 4 aliphatic rings. The van der Waals surface area contributed by atoms with Gasteiger partial charge in [0.15, 0.2) is 34.0 Å². The second-order valence-corrected chi connectivity index (χ2v) is 11.4. The van der Waals surface area contributed by atoms with Crippen molar-refractivity contribution in [2.75, 3.05) is 19.1 Å². The van der Waals surface area contributed by atoms with E-state index >= 15 is 0 Å². The molecule has 0 bridgehead atoms. The van der Waals surface area contributed by atoms with Crippen molar-refractivity contribution < 1.29 is 19.0 Å². The first-order valence-electron chi connectivity index (χ1n) is 11.4. The van der Waals surface area contributed by atoms with Gasteiger partial charge < -0.3 is 29.4 Å². The van der Waals surface area contributed by atoms with Gasteiger partial charge in [-0.15, -0.1) is 0 Å². The Labute approximate surface area is 216 Å². The zero-order valence-corrected chi connectivity index (χ0v) is 22.2. The normalized spacial score (nSPS) is 17.4. The highest BCUT2D eigenvalue weighted by atomic mass is 79.9. The summed E-state index contributed by atoms with van der Waals surface area (Å²) >= 11 is 4.99. The minimum absolute atomic E-state index is 0.103. The van der Waals surface area contributed by atoms with Gasteiger partial charge in [0.2, 0.25) is 6.79 Å². The Morgan fingerprint density at radius 3 is 2.83 bits per heavy atom. The second kappa shape index (κ2) is 9.38. The highest BCUT2D eigenvalue weighted by Gasteiger charge is 2.32. The molecule has 0 radical (unpaired) electrons. The first-order valence-corrected chi connectivity index (χ1v) is 13.0. The maximum absolute atomic E-state index is 12.6. The number of rotatable bonds is 5. The van der Waals surface area contributed by atoms with Crippen LogP contribution in [0.4, 0.5) is 10.6 Å². The van der Waals surface area contributed by atoms with Crippen LogP contribution in [0.25, 0.3) is 11.5 Å². The number of likely N-dealkylation sites (tertiary alicyclic amines) is 1. The third-order valence-electron chi connectivity index (χ3n) is 5.81. The Hall–Kier alpha value is -2.73. The number of hydrogen-bond acceptors (Lipinski definition) is 9. The molecule has 1 atom stereocenters. The Balaban J connectivity index is 1.33. The molecule has 12 heteroatoms. The highest BCUT2D eigenvalue weighted by molar-refractivity contribution is 9.10. The minimum Gasteiger partial charge on any atom is -0.454 e. The number of carbonyl (C=O) groups excluding carboxylic acids is 1. The third-order valence-corrected chi connectivity index (χ3v) is 7.65. The van der Waals surface area contributed by atoms with Crippen LogP contribution in [0.15, 0.2) is 33.0 Å². The Bertz CT molecular complexity index is 1230. The van der Waals surface area contributed by atoms with Crippen LogP contribution in [-0.2, 0) is 11.3 Å². The number of nitrogens with zero attached hydrogens (tertiary/aromatic N) is 5. The summed E-state index contributed by atoms with van der Waals surface area (Å²) in [5.41, 5.74) is 6.16. The summed E-state index contributed by atoms with van der Waals surface area (Å²) in [6.07, 6.45) is 4.09. The average molecular weight is 563 g/mol. The topological polar surface area (TPSA) is 118 Å². The Morgan fingerprint density at radius 1 is 1.29 bits per heavy atom. The fourth-order valence-corrected chi connectivity index (χ4v) is 5.56. The molecule has 0 aliphatic carbocycles. The number of imidazole rings is 1. The van der Waals surface area contributed by atoms with E-state index in [0.717, 1.165) is 28.6 Å². The van der Waals surface area contributed by atoms with Gasteiger partial charge in [0, 0.05) is 28.5 Å². The number of benzene rings is 1. The van der Waals surface area contributed by atoms with Crippen molar-refractivity contribution in [2.45, 2.75) is 68.3 Å². The Morgan fingerprint density at radius 2 is 2.06 bits per heavy atom. The molecule has 0 unspecified atom stereocenters. The molecule has 1 aromatic carbocycles. The summed E-state index contributed by atoms with van der Waals surface area (Å²) < 4.78 is 19.3. The maximum Gasteiger partial charge on any atom is 0.410 e. The molecule has 186 valence electrons. The number of nitrogen functional groups attached to an aromatic ring is 1. The SMILES string of the molecule is CC(C)(C)OC(=O)N1CCC[C@H]1CCn1cnc(N)c2nc(Sc3cc4c(cc3Br)OCO4)nc1-2. The van der Waals surface area contributed by atoms with Crippen LogP contribution < -0.4 is 15.2 Å². The van der Waals surface area contributed by atoms with Crippen LogP contribution in [0.2, 0.25) is 0 Å². The maximum atomic E-state index is 12.6. The number of nitrogens with two attached hydrogens (primary N) is 1.